The Kier molecular flexibility index (Phi) is 8.19. The Labute approximate surface area is 172 Å². The van der Waals surface area contributed by atoms with E-state index in [4.69, 9.17) is 4.74 Å². The number of hydrogen-bond donors (Lipinski definition) is 2. The summed E-state index contributed by atoms with van der Waals surface area (Å²) in [4.78, 5) is 35.6. The molecule has 2 aromatic carbocycles. The highest BCUT2D eigenvalue weighted by Gasteiger charge is 2.11. The van der Waals surface area contributed by atoms with Gasteiger partial charge in [-0.15, -0.1) is 0 Å². The van der Waals surface area contributed by atoms with Crippen LogP contribution in [0.2, 0.25) is 0 Å². The Morgan fingerprint density at radius 1 is 0.929 bits per heavy atom. The fraction of sp³-hybridized carbons (Fsp3) is 0.286. The second-order valence-corrected chi connectivity index (χ2v) is 7.25. The maximum Gasteiger partial charge on any atom is 0.306 e. The van der Waals surface area contributed by atoms with Crippen molar-refractivity contribution in [2.75, 3.05) is 17.2 Å². The van der Waals surface area contributed by atoms with E-state index in [-0.39, 0.29) is 25.4 Å². The van der Waals surface area contributed by atoms with Crippen LogP contribution in [0.3, 0.4) is 0 Å². The van der Waals surface area contributed by atoms with Gasteiger partial charge in [0.25, 0.3) is 5.91 Å². The van der Waals surface area contributed by atoms with Gasteiger partial charge < -0.3 is 15.4 Å². The molecule has 2 rings (SSSR count). The number of amides is 2. The monoisotopic (exact) mass is 446 g/mol. The summed E-state index contributed by atoms with van der Waals surface area (Å²) in [6.45, 7) is 3.45. The third kappa shape index (κ3) is 7.15. The number of carbonyl (C=O) groups is 3. The van der Waals surface area contributed by atoms with Crippen molar-refractivity contribution in [3.63, 3.8) is 0 Å². The molecule has 7 heteroatoms. The van der Waals surface area contributed by atoms with Gasteiger partial charge in [-0.25, -0.2) is 0 Å². The number of para-hydroxylation sites is 1. The molecular formula is C21H23BrN2O4. The third-order valence-corrected chi connectivity index (χ3v) is 4.84. The Hall–Kier alpha value is -2.67. The Morgan fingerprint density at radius 3 is 2.36 bits per heavy atom. The predicted octanol–water partition coefficient (Wildman–Crippen LogP) is 4.36. The normalized spacial score (nSPS) is 10.2. The molecule has 2 amide bonds. The molecule has 0 radical (unpaired) electrons. The topological polar surface area (TPSA) is 84.5 Å². The van der Waals surface area contributed by atoms with Crippen molar-refractivity contribution in [1.29, 1.82) is 0 Å². The first-order valence-corrected chi connectivity index (χ1v) is 9.71. The van der Waals surface area contributed by atoms with E-state index in [0.717, 1.165) is 15.6 Å². The fourth-order valence-corrected chi connectivity index (χ4v) is 2.92. The number of anilines is 2. The number of carbonyl (C=O) groups excluding carboxylic acids is 3. The molecule has 0 fully saturated rings. The smallest absolute Gasteiger partial charge is 0.306 e. The molecule has 0 aliphatic heterocycles. The first-order chi connectivity index (χ1) is 13.3. The number of hydrogen-bond acceptors (Lipinski definition) is 4. The van der Waals surface area contributed by atoms with Crippen molar-refractivity contribution in [2.24, 2.45) is 0 Å². The van der Waals surface area contributed by atoms with Crippen LogP contribution in [-0.4, -0.2) is 24.4 Å². The fourth-order valence-electron chi connectivity index (χ4n) is 2.46. The van der Waals surface area contributed by atoms with Crippen molar-refractivity contribution >= 4 is 45.1 Å². The molecule has 0 saturated heterocycles. The number of aryl methyl sites for hydroxylation is 2. The standard InChI is InChI=1S/C21H23BrN2O4/c1-14-12-18(15(2)11-17(14)22)24-20(26)13-28-21(27)10-6-9-19(25)23-16-7-4-3-5-8-16/h3-5,7-8,11-12H,6,9-10,13H2,1-2H3,(H,23,25)(H,24,26). The quantitative estimate of drug-likeness (QED) is 0.590. The van der Waals surface area contributed by atoms with Gasteiger partial charge in [0, 0.05) is 28.7 Å². The number of benzene rings is 2. The van der Waals surface area contributed by atoms with E-state index < -0.39 is 11.9 Å². The predicted molar refractivity (Wildman–Crippen MR) is 112 cm³/mol. The zero-order chi connectivity index (χ0) is 20.5. The van der Waals surface area contributed by atoms with Crippen molar-refractivity contribution in [3.8, 4) is 0 Å². The molecule has 2 N–H and O–H groups in total. The van der Waals surface area contributed by atoms with E-state index in [1.807, 2.05) is 44.2 Å². The Morgan fingerprint density at radius 2 is 1.64 bits per heavy atom. The molecular weight excluding hydrogens is 424 g/mol. The van der Waals surface area contributed by atoms with E-state index in [2.05, 4.69) is 26.6 Å². The molecule has 0 aromatic heterocycles. The lowest BCUT2D eigenvalue weighted by Gasteiger charge is -2.11. The van der Waals surface area contributed by atoms with E-state index in [1.165, 1.54) is 0 Å². The number of nitrogens with one attached hydrogen (secondary N) is 2. The van der Waals surface area contributed by atoms with Crippen molar-refractivity contribution in [2.45, 2.75) is 33.1 Å². The highest BCUT2D eigenvalue weighted by atomic mass is 79.9. The lowest BCUT2D eigenvalue weighted by Crippen LogP contribution is -2.21. The van der Waals surface area contributed by atoms with Crippen molar-refractivity contribution in [1.82, 2.24) is 0 Å². The maximum absolute atomic E-state index is 12.0. The maximum atomic E-state index is 12.0. The summed E-state index contributed by atoms with van der Waals surface area (Å²) in [6, 6.07) is 12.9. The van der Waals surface area contributed by atoms with E-state index in [0.29, 0.717) is 17.8 Å². The van der Waals surface area contributed by atoms with Crippen LogP contribution in [0, 0.1) is 13.8 Å². The van der Waals surface area contributed by atoms with Gasteiger partial charge in [-0.1, -0.05) is 34.1 Å². The number of esters is 1. The van der Waals surface area contributed by atoms with Crippen molar-refractivity contribution < 1.29 is 19.1 Å². The Balaban J connectivity index is 1.67. The second kappa shape index (κ2) is 10.6. The minimum atomic E-state index is -0.508. The van der Waals surface area contributed by atoms with Gasteiger partial charge in [0.1, 0.15) is 0 Å². The molecule has 6 nitrogen and oxygen atoms in total. The molecule has 148 valence electrons. The summed E-state index contributed by atoms with van der Waals surface area (Å²) in [5.41, 5.74) is 3.29. The summed E-state index contributed by atoms with van der Waals surface area (Å²) in [7, 11) is 0. The molecule has 0 spiro atoms. The zero-order valence-electron chi connectivity index (χ0n) is 15.9. The lowest BCUT2D eigenvalue weighted by molar-refractivity contribution is -0.147. The molecule has 0 aliphatic carbocycles. The van der Waals surface area contributed by atoms with Crippen LogP contribution in [0.1, 0.15) is 30.4 Å². The van der Waals surface area contributed by atoms with Gasteiger partial charge in [0.05, 0.1) is 0 Å². The molecule has 28 heavy (non-hydrogen) atoms. The number of halogens is 1. The number of rotatable bonds is 8. The van der Waals surface area contributed by atoms with Crippen LogP contribution < -0.4 is 10.6 Å². The van der Waals surface area contributed by atoms with Crippen LogP contribution >= 0.6 is 15.9 Å². The minimum absolute atomic E-state index is 0.0753. The van der Waals surface area contributed by atoms with Gasteiger partial charge >= 0.3 is 5.97 Å². The largest absolute Gasteiger partial charge is 0.456 e. The number of ether oxygens (including phenoxy) is 1. The molecule has 0 saturated carbocycles. The van der Waals surface area contributed by atoms with E-state index >= 15 is 0 Å². The first kappa shape index (κ1) is 21.6. The zero-order valence-corrected chi connectivity index (χ0v) is 17.5. The van der Waals surface area contributed by atoms with Crippen LogP contribution in [0.4, 0.5) is 11.4 Å². The summed E-state index contributed by atoms with van der Waals surface area (Å²) in [6.07, 6.45) is 0.629. The van der Waals surface area contributed by atoms with E-state index in [1.54, 1.807) is 12.1 Å². The average Bonchev–Trinajstić information content (AvgIpc) is 2.65. The highest BCUT2D eigenvalue weighted by molar-refractivity contribution is 9.10. The third-order valence-electron chi connectivity index (χ3n) is 3.99. The molecule has 0 aliphatic rings. The van der Waals surface area contributed by atoms with Gasteiger partial charge in [0.15, 0.2) is 6.61 Å². The SMILES string of the molecule is Cc1cc(NC(=O)COC(=O)CCCC(=O)Nc2ccccc2)c(C)cc1Br. The molecule has 0 bridgehead atoms. The molecule has 2 aromatic rings. The van der Waals surface area contributed by atoms with E-state index in [9.17, 15) is 14.4 Å². The van der Waals surface area contributed by atoms with Gasteiger partial charge in [-0.3, -0.25) is 14.4 Å². The Bertz CT molecular complexity index is 853. The van der Waals surface area contributed by atoms with Crippen LogP contribution in [0.5, 0.6) is 0 Å². The summed E-state index contributed by atoms with van der Waals surface area (Å²) in [5, 5.41) is 5.48. The summed E-state index contributed by atoms with van der Waals surface area (Å²) >= 11 is 3.44. The van der Waals surface area contributed by atoms with Crippen LogP contribution in [0.15, 0.2) is 46.9 Å². The summed E-state index contributed by atoms with van der Waals surface area (Å²) in [5.74, 6) is -1.08. The van der Waals surface area contributed by atoms with Crippen molar-refractivity contribution in [3.05, 3.63) is 58.1 Å². The van der Waals surface area contributed by atoms with Gasteiger partial charge in [-0.05, 0) is 55.7 Å². The highest BCUT2D eigenvalue weighted by Crippen LogP contribution is 2.24. The van der Waals surface area contributed by atoms with Gasteiger partial charge in [0.2, 0.25) is 5.91 Å². The van der Waals surface area contributed by atoms with Crippen LogP contribution in [0.25, 0.3) is 0 Å². The summed E-state index contributed by atoms with van der Waals surface area (Å²) < 4.78 is 5.94. The van der Waals surface area contributed by atoms with Gasteiger partial charge in [-0.2, -0.15) is 0 Å². The molecule has 0 unspecified atom stereocenters. The average molecular weight is 447 g/mol. The lowest BCUT2D eigenvalue weighted by atomic mass is 10.1. The first-order valence-electron chi connectivity index (χ1n) is 8.92. The molecule has 0 atom stereocenters. The van der Waals surface area contributed by atoms with Crippen LogP contribution in [-0.2, 0) is 19.1 Å². The molecule has 0 heterocycles. The minimum Gasteiger partial charge on any atom is -0.456 e. The second-order valence-electron chi connectivity index (χ2n) is 6.39.